The predicted octanol–water partition coefficient (Wildman–Crippen LogP) is 2.02. The van der Waals surface area contributed by atoms with E-state index in [4.69, 9.17) is 4.74 Å². The third kappa shape index (κ3) is 2.31. The molecule has 3 rings (SSSR count). The molecule has 1 aliphatic heterocycles. The zero-order chi connectivity index (χ0) is 12.4. The van der Waals surface area contributed by atoms with Crippen molar-refractivity contribution in [3.63, 3.8) is 0 Å². The minimum atomic E-state index is 0.420. The Kier molecular flexibility index (Phi) is 3.15. The van der Waals surface area contributed by atoms with Crippen LogP contribution in [-0.4, -0.2) is 33.9 Å². The van der Waals surface area contributed by atoms with Crippen LogP contribution in [0.5, 0.6) is 0 Å². The number of nitrogens with one attached hydrogen (secondary N) is 1. The summed E-state index contributed by atoms with van der Waals surface area (Å²) in [7, 11) is 0. The Morgan fingerprint density at radius 2 is 2.50 bits per heavy atom. The molecule has 2 aromatic rings. The molecule has 96 valence electrons. The van der Waals surface area contributed by atoms with E-state index in [0.29, 0.717) is 6.10 Å². The number of aryl methyl sites for hydroxylation is 1. The van der Waals surface area contributed by atoms with Crippen LogP contribution in [0.15, 0.2) is 18.5 Å². The van der Waals surface area contributed by atoms with Crippen LogP contribution in [0.25, 0.3) is 5.52 Å². The zero-order valence-corrected chi connectivity index (χ0v) is 10.6. The molecule has 0 saturated carbocycles. The highest BCUT2D eigenvalue weighted by atomic mass is 16.5. The molecule has 1 fully saturated rings. The SMILES string of the molecule is Cc1cc2c(NCCC3CCCO3)nccn2n1. The molecular weight excluding hydrogens is 228 g/mol. The average molecular weight is 246 g/mol. The molecular formula is C13H18N4O. The van der Waals surface area contributed by atoms with E-state index in [-0.39, 0.29) is 0 Å². The second-order valence-corrected chi connectivity index (χ2v) is 4.74. The maximum atomic E-state index is 5.60. The van der Waals surface area contributed by atoms with Gasteiger partial charge in [0.1, 0.15) is 5.52 Å². The van der Waals surface area contributed by atoms with Crippen molar-refractivity contribution in [3.8, 4) is 0 Å². The van der Waals surface area contributed by atoms with E-state index in [9.17, 15) is 0 Å². The number of ether oxygens (including phenoxy) is 1. The molecule has 0 bridgehead atoms. The van der Waals surface area contributed by atoms with Gasteiger partial charge in [-0.05, 0) is 32.3 Å². The first-order valence-electron chi connectivity index (χ1n) is 6.49. The highest BCUT2D eigenvalue weighted by molar-refractivity contribution is 5.67. The lowest BCUT2D eigenvalue weighted by atomic mass is 10.2. The number of fused-ring (bicyclic) bond motifs is 1. The summed E-state index contributed by atoms with van der Waals surface area (Å²) in [5.74, 6) is 0.899. The number of hydrogen-bond acceptors (Lipinski definition) is 4. The molecule has 3 heterocycles. The Labute approximate surface area is 106 Å². The van der Waals surface area contributed by atoms with Crippen molar-refractivity contribution in [1.82, 2.24) is 14.6 Å². The molecule has 5 heteroatoms. The number of nitrogens with zero attached hydrogens (tertiary/aromatic N) is 3. The number of aromatic nitrogens is 3. The minimum Gasteiger partial charge on any atom is -0.378 e. The van der Waals surface area contributed by atoms with Gasteiger partial charge >= 0.3 is 0 Å². The van der Waals surface area contributed by atoms with E-state index in [2.05, 4.69) is 15.4 Å². The van der Waals surface area contributed by atoms with Gasteiger partial charge in [-0.2, -0.15) is 5.10 Å². The third-order valence-corrected chi connectivity index (χ3v) is 3.29. The Balaban J connectivity index is 1.66. The fourth-order valence-corrected chi connectivity index (χ4v) is 2.40. The molecule has 18 heavy (non-hydrogen) atoms. The molecule has 0 spiro atoms. The summed E-state index contributed by atoms with van der Waals surface area (Å²) < 4.78 is 7.46. The molecule has 0 radical (unpaired) electrons. The Hall–Kier alpha value is -1.62. The van der Waals surface area contributed by atoms with Gasteiger partial charge in [0, 0.05) is 25.5 Å². The van der Waals surface area contributed by atoms with Crippen molar-refractivity contribution >= 4 is 11.3 Å². The fourth-order valence-electron chi connectivity index (χ4n) is 2.40. The molecule has 0 amide bonds. The van der Waals surface area contributed by atoms with Crippen molar-refractivity contribution in [1.29, 1.82) is 0 Å². The number of hydrogen-bond donors (Lipinski definition) is 1. The van der Waals surface area contributed by atoms with Gasteiger partial charge in [-0.15, -0.1) is 0 Å². The van der Waals surface area contributed by atoms with E-state index in [1.54, 1.807) is 6.20 Å². The van der Waals surface area contributed by atoms with Crippen molar-refractivity contribution in [3.05, 3.63) is 24.2 Å². The molecule has 2 aromatic heterocycles. The van der Waals surface area contributed by atoms with Gasteiger partial charge in [-0.1, -0.05) is 0 Å². The van der Waals surface area contributed by atoms with Crippen LogP contribution in [0.4, 0.5) is 5.82 Å². The van der Waals surface area contributed by atoms with Crippen LogP contribution in [0, 0.1) is 6.92 Å². The van der Waals surface area contributed by atoms with Crippen molar-refractivity contribution < 1.29 is 4.74 Å². The molecule has 0 aliphatic carbocycles. The first-order chi connectivity index (χ1) is 8.83. The lowest BCUT2D eigenvalue weighted by Crippen LogP contribution is -2.13. The van der Waals surface area contributed by atoms with E-state index in [1.807, 2.05) is 23.7 Å². The maximum Gasteiger partial charge on any atom is 0.152 e. The summed E-state index contributed by atoms with van der Waals surface area (Å²) in [5, 5.41) is 7.75. The van der Waals surface area contributed by atoms with Gasteiger partial charge in [0.05, 0.1) is 11.8 Å². The predicted molar refractivity (Wildman–Crippen MR) is 69.8 cm³/mol. The van der Waals surface area contributed by atoms with Gasteiger partial charge in [0.15, 0.2) is 5.82 Å². The number of anilines is 1. The van der Waals surface area contributed by atoms with E-state index < -0.39 is 0 Å². The van der Waals surface area contributed by atoms with Gasteiger partial charge < -0.3 is 10.1 Å². The Morgan fingerprint density at radius 3 is 3.33 bits per heavy atom. The quantitative estimate of drug-likeness (QED) is 0.896. The smallest absolute Gasteiger partial charge is 0.152 e. The van der Waals surface area contributed by atoms with Crippen LogP contribution in [0.3, 0.4) is 0 Å². The minimum absolute atomic E-state index is 0.420. The zero-order valence-electron chi connectivity index (χ0n) is 10.6. The second kappa shape index (κ2) is 4.94. The third-order valence-electron chi connectivity index (χ3n) is 3.29. The van der Waals surface area contributed by atoms with Crippen LogP contribution in [0.1, 0.15) is 25.0 Å². The summed E-state index contributed by atoms with van der Waals surface area (Å²) in [6.07, 6.45) is 7.48. The van der Waals surface area contributed by atoms with Crippen molar-refractivity contribution in [2.24, 2.45) is 0 Å². The summed E-state index contributed by atoms with van der Waals surface area (Å²) in [6.45, 7) is 3.80. The summed E-state index contributed by atoms with van der Waals surface area (Å²) in [5.41, 5.74) is 2.03. The first-order valence-corrected chi connectivity index (χ1v) is 6.49. The monoisotopic (exact) mass is 246 g/mol. The standard InChI is InChI=1S/C13H18N4O/c1-10-9-12-13(15-6-7-17(12)16-10)14-5-4-11-3-2-8-18-11/h6-7,9,11H,2-5,8H2,1H3,(H,14,15). The van der Waals surface area contributed by atoms with E-state index in [0.717, 1.165) is 36.6 Å². The molecule has 1 atom stereocenters. The van der Waals surface area contributed by atoms with Gasteiger partial charge in [0.25, 0.3) is 0 Å². The number of rotatable bonds is 4. The van der Waals surface area contributed by atoms with Gasteiger partial charge in [-0.3, -0.25) is 0 Å². The molecule has 1 N–H and O–H groups in total. The molecule has 1 unspecified atom stereocenters. The lowest BCUT2D eigenvalue weighted by molar-refractivity contribution is 0.107. The molecule has 5 nitrogen and oxygen atoms in total. The lowest BCUT2D eigenvalue weighted by Gasteiger charge is -2.10. The van der Waals surface area contributed by atoms with Crippen LogP contribution in [-0.2, 0) is 4.74 Å². The van der Waals surface area contributed by atoms with E-state index >= 15 is 0 Å². The van der Waals surface area contributed by atoms with E-state index in [1.165, 1.54) is 12.8 Å². The average Bonchev–Trinajstić information content (AvgIpc) is 2.97. The first kappa shape index (κ1) is 11.5. The van der Waals surface area contributed by atoms with Crippen LogP contribution >= 0.6 is 0 Å². The van der Waals surface area contributed by atoms with Crippen molar-refractivity contribution in [2.75, 3.05) is 18.5 Å². The van der Waals surface area contributed by atoms with Crippen LogP contribution < -0.4 is 5.32 Å². The molecule has 0 aromatic carbocycles. The highest BCUT2D eigenvalue weighted by Gasteiger charge is 2.15. The summed E-state index contributed by atoms with van der Waals surface area (Å²) in [4.78, 5) is 4.37. The topological polar surface area (TPSA) is 51.5 Å². The Morgan fingerprint density at radius 1 is 1.56 bits per heavy atom. The second-order valence-electron chi connectivity index (χ2n) is 4.74. The van der Waals surface area contributed by atoms with Gasteiger partial charge in [-0.25, -0.2) is 9.50 Å². The normalized spacial score (nSPS) is 19.5. The molecule has 1 aliphatic rings. The largest absolute Gasteiger partial charge is 0.378 e. The highest BCUT2D eigenvalue weighted by Crippen LogP contribution is 2.17. The van der Waals surface area contributed by atoms with Crippen molar-refractivity contribution in [2.45, 2.75) is 32.3 Å². The Bertz CT molecular complexity index is 531. The van der Waals surface area contributed by atoms with Crippen LogP contribution in [0.2, 0.25) is 0 Å². The summed E-state index contributed by atoms with van der Waals surface area (Å²) in [6, 6.07) is 2.04. The fraction of sp³-hybridized carbons (Fsp3) is 0.538. The summed E-state index contributed by atoms with van der Waals surface area (Å²) >= 11 is 0. The molecule has 1 saturated heterocycles. The van der Waals surface area contributed by atoms with Gasteiger partial charge in [0.2, 0.25) is 0 Å². The maximum absolute atomic E-state index is 5.60.